The molecule has 2 heterocycles. The molecule has 2 aromatic rings. The Balaban J connectivity index is 2.11. The SMILES string of the molecule is O=c1[nH]ncc(NCc2ccccn2)c1Cl. The van der Waals surface area contributed by atoms with Gasteiger partial charge in [-0.2, -0.15) is 5.10 Å². The van der Waals surface area contributed by atoms with Crippen LogP contribution in [0.2, 0.25) is 5.02 Å². The summed E-state index contributed by atoms with van der Waals surface area (Å²) in [6, 6.07) is 5.61. The Hall–Kier alpha value is -1.88. The van der Waals surface area contributed by atoms with Crippen LogP contribution in [0.15, 0.2) is 35.4 Å². The lowest BCUT2D eigenvalue weighted by Gasteiger charge is -2.05. The molecule has 2 N–H and O–H groups in total. The molecule has 0 fully saturated rings. The molecule has 16 heavy (non-hydrogen) atoms. The Bertz CT molecular complexity index is 526. The molecule has 0 bridgehead atoms. The van der Waals surface area contributed by atoms with Crippen molar-refractivity contribution in [2.45, 2.75) is 6.54 Å². The van der Waals surface area contributed by atoms with Crippen molar-refractivity contribution < 1.29 is 0 Å². The van der Waals surface area contributed by atoms with Gasteiger partial charge in [0.25, 0.3) is 5.56 Å². The molecule has 0 amide bonds. The minimum absolute atomic E-state index is 0.103. The molecule has 0 aromatic carbocycles. The van der Waals surface area contributed by atoms with Gasteiger partial charge >= 0.3 is 0 Å². The predicted molar refractivity (Wildman–Crippen MR) is 61.4 cm³/mol. The van der Waals surface area contributed by atoms with E-state index in [4.69, 9.17) is 11.6 Å². The van der Waals surface area contributed by atoms with Crippen molar-refractivity contribution in [1.29, 1.82) is 0 Å². The zero-order valence-electron chi connectivity index (χ0n) is 8.27. The number of hydrogen-bond donors (Lipinski definition) is 2. The number of aromatic amines is 1. The van der Waals surface area contributed by atoms with Gasteiger partial charge in [0, 0.05) is 6.20 Å². The van der Waals surface area contributed by atoms with Gasteiger partial charge in [-0.05, 0) is 12.1 Å². The Morgan fingerprint density at radius 1 is 1.44 bits per heavy atom. The molecule has 82 valence electrons. The molecule has 0 saturated carbocycles. The fourth-order valence-corrected chi connectivity index (χ4v) is 1.35. The number of hydrogen-bond acceptors (Lipinski definition) is 4. The highest BCUT2D eigenvalue weighted by molar-refractivity contribution is 6.32. The minimum atomic E-state index is -0.410. The van der Waals surface area contributed by atoms with E-state index in [1.54, 1.807) is 6.20 Å². The van der Waals surface area contributed by atoms with Crippen LogP contribution in [0.4, 0.5) is 5.69 Å². The minimum Gasteiger partial charge on any atom is -0.377 e. The normalized spacial score (nSPS) is 10.1. The van der Waals surface area contributed by atoms with Gasteiger partial charge in [-0.25, -0.2) is 5.10 Å². The summed E-state index contributed by atoms with van der Waals surface area (Å²) in [5.41, 5.74) is 0.947. The molecule has 0 saturated heterocycles. The highest BCUT2D eigenvalue weighted by atomic mass is 35.5. The fraction of sp³-hybridized carbons (Fsp3) is 0.100. The maximum Gasteiger partial charge on any atom is 0.285 e. The zero-order chi connectivity index (χ0) is 11.4. The first-order valence-electron chi connectivity index (χ1n) is 4.64. The van der Waals surface area contributed by atoms with Crippen LogP contribution in [-0.4, -0.2) is 15.2 Å². The topological polar surface area (TPSA) is 70.7 Å². The van der Waals surface area contributed by atoms with Crippen molar-refractivity contribution in [2.75, 3.05) is 5.32 Å². The Kier molecular flexibility index (Phi) is 3.16. The van der Waals surface area contributed by atoms with E-state index in [1.165, 1.54) is 6.20 Å². The van der Waals surface area contributed by atoms with Gasteiger partial charge in [-0.3, -0.25) is 9.78 Å². The molecule has 0 spiro atoms. The van der Waals surface area contributed by atoms with Gasteiger partial charge in [0.2, 0.25) is 0 Å². The van der Waals surface area contributed by atoms with Crippen molar-refractivity contribution in [1.82, 2.24) is 15.2 Å². The van der Waals surface area contributed by atoms with E-state index < -0.39 is 5.56 Å². The van der Waals surface area contributed by atoms with Gasteiger partial charge in [0.1, 0.15) is 5.02 Å². The molecular formula is C10H9ClN4O. The van der Waals surface area contributed by atoms with Crippen LogP contribution < -0.4 is 10.9 Å². The molecule has 2 aromatic heterocycles. The van der Waals surface area contributed by atoms with Gasteiger partial charge in [-0.1, -0.05) is 17.7 Å². The summed E-state index contributed by atoms with van der Waals surface area (Å²) in [4.78, 5) is 15.3. The summed E-state index contributed by atoms with van der Waals surface area (Å²) in [6.07, 6.45) is 3.17. The molecule has 2 rings (SSSR count). The summed E-state index contributed by atoms with van der Waals surface area (Å²) < 4.78 is 0. The van der Waals surface area contributed by atoms with Crippen LogP contribution in [0.25, 0.3) is 0 Å². The number of aromatic nitrogens is 3. The number of nitrogens with one attached hydrogen (secondary N) is 2. The van der Waals surface area contributed by atoms with E-state index >= 15 is 0 Å². The van der Waals surface area contributed by atoms with E-state index in [0.717, 1.165) is 5.69 Å². The number of anilines is 1. The molecule has 0 aliphatic carbocycles. The van der Waals surface area contributed by atoms with Crippen LogP contribution in [0.3, 0.4) is 0 Å². The molecule has 0 aliphatic rings. The molecule has 0 radical (unpaired) electrons. The quantitative estimate of drug-likeness (QED) is 0.846. The number of halogens is 1. The van der Waals surface area contributed by atoms with Gasteiger partial charge in [0.15, 0.2) is 0 Å². The molecule has 0 unspecified atom stereocenters. The third kappa shape index (κ3) is 2.38. The molecule has 0 aliphatic heterocycles. The maximum absolute atomic E-state index is 11.1. The van der Waals surface area contributed by atoms with Gasteiger partial charge in [-0.15, -0.1) is 0 Å². The van der Waals surface area contributed by atoms with E-state index in [2.05, 4.69) is 20.5 Å². The number of H-pyrrole nitrogens is 1. The fourth-order valence-electron chi connectivity index (χ4n) is 1.20. The van der Waals surface area contributed by atoms with E-state index in [0.29, 0.717) is 12.2 Å². The average Bonchev–Trinajstić information content (AvgIpc) is 2.32. The van der Waals surface area contributed by atoms with E-state index in [9.17, 15) is 4.79 Å². The number of rotatable bonds is 3. The zero-order valence-corrected chi connectivity index (χ0v) is 9.03. The van der Waals surface area contributed by atoms with Gasteiger partial charge in [0.05, 0.1) is 24.1 Å². The first-order valence-corrected chi connectivity index (χ1v) is 5.02. The third-order valence-electron chi connectivity index (χ3n) is 1.98. The van der Waals surface area contributed by atoms with Crippen LogP contribution in [0.1, 0.15) is 5.69 Å². The third-order valence-corrected chi connectivity index (χ3v) is 2.36. The number of pyridine rings is 1. The summed E-state index contributed by atoms with van der Waals surface area (Å²) >= 11 is 5.79. The summed E-state index contributed by atoms with van der Waals surface area (Å²) in [5, 5.41) is 8.99. The average molecular weight is 237 g/mol. The van der Waals surface area contributed by atoms with Crippen LogP contribution in [0, 0.1) is 0 Å². The van der Waals surface area contributed by atoms with Crippen LogP contribution in [-0.2, 0) is 6.54 Å². The second-order valence-electron chi connectivity index (χ2n) is 3.10. The second kappa shape index (κ2) is 4.76. The monoisotopic (exact) mass is 236 g/mol. The predicted octanol–water partition coefficient (Wildman–Crippen LogP) is 1.43. The second-order valence-corrected chi connectivity index (χ2v) is 3.48. The molecule has 6 heteroatoms. The largest absolute Gasteiger partial charge is 0.377 e. The number of nitrogens with zero attached hydrogens (tertiary/aromatic N) is 2. The first kappa shape index (κ1) is 10.6. The highest BCUT2D eigenvalue weighted by Crippen LogP contribution is 2.14. The van der Waals surface area contributed by atoms with Crippen LogP contribution >= 0.6 is 11.6 Å². The standard InChI is InChI=1S/C10H9ClN4O/c11-9-8(6-14-15-10(9)16)13-5-7-3-1-2-4-12-7/h1-4,6H,5H2,(H2,13,15,16). The molecular weight excluding hydrogens is 228 g/mol. The molecule has 0 atom stereocenters. The van der Waals surface area contributed by atoms with Crippen molar-refractivity contribution in [2.24, 2.45) is 0 Å². The first-order chi connectivity index (χ1) is 7.77. The lowest BCUT2D eigenvalue weighted by molar-refractivity contribution is 0.974. The van der Waals surface area contributed by atoms with Crippen molar-refractivity contribution in [3.05, 3.63) is 51.7 Å². The summed E-state index contributed by atoms with van der Waals surface area (Å²) in [5.74, 6) is 0. The van der Waals surface area contributed by atoms with Crippen molar-refractivity contribution in [3.63, 3.8) is 0 Å². The summed E-state index contributed by atoms with van der Waals surface area (Å²) in [7, 11) is 0. The molecule has 5 nitrogen and oxygen atoms in total. The van der Waals surface area contributed by atoms with E-state index in [-0.39, 0.29) is 5.02 Å². The Labute approximate surface area is 96.5 Å². The van der Waals surface area contributed by atoms with Crippen molar-refractivity contribution in [3.8, 4) is 0 Å². The lowest BCUT2D eigenvalue weighted by Crippen LogP contribution is -2.12. The van der Waals surface area contributed by atoms with Crippen molar-refractivity contribution >= 4 is 17.3 Å². The smallest absolute Gasteiger partial charge is 0.285 e. The Morgan fingerprint density at radius 2 is 2.31 bits per heavy atom. The maximum atomic E-state index is 11.1. The summed E-state index contributed by atoms with van der Waals surface area (Å²) in [6.45, 7) is 0.492. The van der Waals surface area contributed by atoms with Crippen LogP contribution in [0.5, 0.6) is 0 Å². The van der Waals surface area contributed by atoms with Gasteiger partial charge < -0.3 is 5.32 Å². The van der Waals surface area contributed by atoms with E-state index in [1.807, 2.05) is 18.2 Å². The lowest BCUT2D eigenvalue weighted by atomic mass is 10.3. The Morgan fingerprint density at radius 3 is 3.06 bits per heavy atom. The highest BCUT2D eigenvalue weighted by Gasteiger charge is 2.04.